The summed E-state index contributed by atoms with van der Waals surface area (Å²) in [5.41, 5.74) is 6.18. The average molecular weight is 217 g/mol. The lowest BCUT2D eigenvalue weighted by Crippen LogP contribution is -2.70. The first-order valence-corrected chi connectivity index (χ1v) is 6.95. The largest absolute Gasteiger partial charge is 0.322 e. The summed E-state index contributed by atoms with van der Waals surface area (Å²) in [4.78, 5) is 2.49. The van der Waals surface area contributed by atoms with Crippen LogP contribution in [0.4, 0.5) is 0 Å². The van der Waals surface area contributed by atoms with E-state index in [2.05, 4.69) is 10.2 Å². The van der Waals surface area contributed by atoms with Gasteiger partial charge in [-0.3, -0.25) is 0 Å². The number of thioether (sulfide) groups is 1. The Kier molecular flexibility index (Phi) is 5.23. The quantitative estimate of drug-likeness (QED) is 0.701. The summed E-state index contributed by atoms with van der Waals surface area (Å²) in [5.74, 6) is 0. The molecule has 3 N–H and O–H groups in total. The summed E-state index contributed by atoms with van der Waals surface area (Å²) in [6.45, 7) is 5.63. The van der Waals surface area contributed by atoms with Gasteiger partial charge in [-0.25, -0.2) is 0 Å². The SMILES string of the molecule is CSC.NC1(CN2CCCC2)CNC1. The fourth-order valence-corrected chi connectivity index (χ4v) is 1.94. The molecule has 2 rings (SSSR count). The first-order valence-electron chi connectivity index (χ1n) is 5.32. The second-order valence-corrected chi connectivity index (χ2v) is 5.17. The monoisotopic (exact) mass is 217 g/mol. The van der Waals surface area contributed by atoms with Crippen LogP contribution in [-0.4, -0.2) is 55.7 Å². The lowest BCUT2D eigenvalue weighted by molar-refractivity contribution is 0.186. The van der Waals surface area contributed by atoms with Gasteiger partial charge in [-0.2, -0.15) is 11.8 Å². The van der Waals surface area contributed by atoms with Gasteiger partial charge in [0.1, 0.15) is 0 Å². The van der Waals surface area contributed by atoms with E-state index in [0.29, 0.717) is 0 Å². The van der Waals surface area contributed by atoms with Crippen molar-refractivity contribution in [1.29, 1.82) is 0 Å². The highest BCUT2D eigenvalue weighted by atomic mass is 32.2. The van der Waals surface area contributed by atoms with Gasteiger partial charge < -0.3 is 16.0 Å². The van der Waals surface area contributed by atoms with Crippen LogP contribution in [0.15, 0.2) is 0 Å². The van der Waals surface area contributed by atoms with Crippen LogP contribution in [0.5, 0.6) is 0 Å². The first-order chi connectivity index (χ1) is 6.70. The van der Waals surface area contributed by atoms with Gasteiger partial charge in [0.05, 0.1) is 5.54 Å². The minimum absolute atomic E-state index is 0.102. The van der Waals surface area contributed by atoms with Crippen molar-refractivity contribution in [2.24, 2.45) is 5.73 Å². The molecule has 0 radical (unpaired) electrons. The van der Waals surface area contributed by atoms with E-state index in [1.807, 2.05) is 12.5 Å². The van der Waals surface area contributed by atoms with E-state index in [-0.39, 0.29) is 5.54 Å². The summed E-state index contributed by atoms with van der Waals surface area (Å²) in [6.07, 6.45) is 6.81. The normalized spacial score (nSPS) is 25.1. The molecule has 2 saturated heterocycles. The predicted octanol–water partition coefficient (Wildman–Crippen LogP) is 0.362. The zero-order valence-corrected chi connectivity index (χ0v) is 10.2. The van der Waals surface area contributed by atoms with Crippen molar-refractivity contribution in [2.75, 3.05) is 45.2 Å². The molecule has 0 aromatic heterocycles. The Hall–Kier alpha value is 0.230. The first kappa shape index (κ1) is 12.3. The smallest absolute Gasteiger partial charge is 0.0536 e. The molecular weight excluding hydrogens is 194 g/mol. The molecule has 0 aliphatic carbocycles. The van der Waals surface area contributed by atoms with E-state index in [9.17, 15) is 0 Å². The van der Waals surface area contributed by atoms with Gasteiger partial charge in [0.2, 0.25) is 0 Å². The van der Waals surface area contributed by atoms with Gasteiger partial charge in [-0.05, 0) is 38.4 Å². The van der Waals surface area contributed by atoms with Crippen molar-refractivity contribution < 1.29 is 0 Å². The molecule has 2 aliphatic heterocycles. The third kappa shape index (κ3) is 3.77. The van der Waals surface area contributed by atoms with Crippen LogP contribution in [-0.2, 0) is 0 Å². The van der Waals surface area contributed by atoms with Crippen molar-refractivity contribution in [3.8, 4) is 0 Å². The predicted molar refractivity (Wildman–Crippen MR) is 64.9 cm³/mol. The Morgan fingerprint density at radius 3 is 2.14 bits per heavy atom. The molecule has 0 aromatic carbocycles. The molecule has 3 nitrogen and oxygen atoms in total. The Bertz CT molecular complexity index is 153. The number of nitrogens with one attached hydrogen (secondary N) is 1. The molecular formula is C10H23N3S. The molecule has 4 heteroatoms. The Morgan fingerprint density at radius 2 is 1.79 bits per heavy atom. The number of hydrogen-bond donors (Lipinski definition) is 2. The average Bonchev–Trinajstić information content (AvgIpc) is 2.55. The van der Waals surface area contributed by atoms with Gasteiger partial charge in [0.15, 0.2) is 0 Å². The molecule has 84 valence electrons. The van der Waals surface area contributed by atoms with E-state index in [4.69, 9.17) is 5.73 Å². The summed E-state index contributed by atoms with van der Waals surface area (Å²) in [6, 6.07) is 0. The van der Waals surface area contributed by atoms with Crippen LogP contribution in [0, 0.1) is 0 Å². The van der Waals surface area contributed by atoms with Crippen molar-refractivity contribution in [3.05, 3.63) is 0 Å². The zero-order valence-electron chi connectivity index (χ0n) is 9.38. The number of nitrogens with zero attached hydrogens (tertiary/aromatic N) is 1. The van der Waals surface area contributed by atoms with E-state index < -0.39 is 0 Å². The zero-order chi connectivity index (χ0) is 10.4. The van der Waals surface area contributed by atoms with Crippen molar-refractivity contribution in [2.45, 2.75) is 18.4 Å². The van der Waals surface area contributed by atoms with Gasteiger partial charge in [0.25, 0.3) is 0 Å². The van der Waals surface area contributed by atoms with Crippen LogP contribution in [0.1, 0.15) is 12.8 Å². The lowest BCUT2D eigenvalue weighted by atomic mass is 9.93. The van der Waals surface area contributed by atoms with E-state index >= 15 is 0 Å². The maximum atomic E-state index is 6.08. The molecule has 14 heavy (non-hydrogen) atoms. The number of rotatable bonds is 2. The molecule has 2 fully saturated rings. The van der Waals surface area contributed by atoms with Crippen LogP contribution < -0.4 is 11.1 Å². The Balaban J connectivity index is 0.000000293. The van der Waals surface area contributed by atoms with E-state index in [0.717, 1.165) is 19.6 Å². The molecule has 0 aromatic rings. The fourth-order valence-electron chi connectivity index (χ4n) is 1.94. The molecule has 0 saturated carbocycles. The number of hydrogen-bond acceptors (Lipinski definition) is 4. The third-order valence-corrected chi connectivity index (χ3v) is 2.69. The minimum Gasteiger partial charge on any atom is -0.322 e. The van der Waals surface area contributed by atoms with Gasteiger partial charge in [-0.15, -0.1) is 0 Å². The molecule has 0 amide bonds. The highest BCUT2D eigenvalue weighted by Crippen LogP contribution is 2.14. The topological polar surface area (TPSA) is 41.3 Å². The summed E-state index contributed by atoms with van der Waals surface area (Å²) in [7, 11) is 0. The second kappa shape index (κ2) is 5.95. The van der Waals surface area contributed by atoms with Gasteiger partial charge in [-0.1, -0.05) is 0 Å². The maximum Gasteiger partial charge on any atom is 0.0536 e. The maximum absolute atomic E-state index is 6.08. The molecule has 0 spiro atoms. The van der Waals surface area contributed by atoms with E-state index in [1.54, 1.807) is 11.8 Å². The van der Waals surface area contributed by atoms with Gasteiger partial charge in [0, 0.05) is 19.6 Å². The molecule has 2 aliphatic rings. The number of nitrogens with two attached hydrogens (primary N) is 1. The third-order valence-electron chi connectivity index (χ3n) is 2.69. The standard InChI is InChI=1S/C8H17N3.C2H6S/c9-8(5-10-6-8)7-11-3-1-2-4-11;1-3-2/h10H,1-7,9H2;1-2H3. The molecule has 0 bridgehead atoms. The van der Waals surface area contributed by atoms with E-state index in [1.165, 1.54) is 25.9 Å². The van der Waals surface area contributed by atoms with Gasteiger partial charge >= 0.3 is 0 Å². The van der Waals surface area contributed by atoms with Crippen molar-refractivity contribution in [1.82, 2.24) is 10.2 Å². The number of likely N-dealkylation sites (tertiary alicyclic amines) is 1. The minimum atomic E-state index is 0.102. The fraction of sp³-hybridized carbons (Fsp3) is 1.00. The summed E-state index contributed by atoms with van der Waals surface area (Å²) >= 11 is 1.75. The summed E-state index contributed by atoms with van der Waals surface area (Å²) < 4.78 is 0. The second-order valence-electron chi connectivity index (χ2n) is 4.36. The van der Waals surface area contributed by atoms with Crippen molar-refractivity contribution in [3.63, 3.8) is 0 Å². The van der Waals surface area contributed by atoms with Crippen LogP contribution in [0.25, 0.3) is 0 Å². The molecule has 0 unspecified atom stereocenters. The highest BCUT2D eigenvalue weighted by molar-refractivity contribution is 7.97. The van der Waals surface area contributed by atoms with Crippen LogP contribution in [0.2, 0.25) is 0 Å². The molecule has 0 atom stereocenters. The van der Waals surface area contributed by atoms with Crippen molar-refractivity contribution >= 4 is 11.8 Å². The van der Waals surface area contributed by atoms with Crippen LogP contribution >= 0.6 is 11.8 Å². The lowest BCUT2D eigenvalue weighted by Gasteiger charge is -2.41. The molecule has 2 heterocycles. The van der Waals surface area contributed by atoms with Crippen LogP contribution in [0.3, 0.4) is 0 Å². The highest BCUT2D eigenvalue weighted by Gasteiger charge is 2.34. The Labute approximate surface area is 91.8 Å². The summed E-state index contributed by atoms with van der Waals surface area (Å²) in [5, 5.41) is 3.22. The Morgan fingerprint density at radius 1 is 1.29 bits per heavy atom.